The summed E-state index contributed by atoms with van der Waals surface area (Å²) in [6.07, 6.45) is -0.240. The molecule has 24 heavy (non-hydrogen) atoms. The molecule has 0 aliphatic rings. The van der Waals surface area contributed by atoms with Crippen molar-refractivity contribution in [1.29, 1.82) is 0 Å². The summed E-state index contributed by atoms with van der Waals surface area (Å²) in [5.41, 5.74) is 4.90. The molecule has 0 saturated carbocycles. The van der Waals surface area contributed by atoms with E-state index in [1.54, 1.807) is 25.6 Å². The quantitative estimate of drug-likeness (QED) is 0.415. The Morgan fingerprint density at radius 2 is 1.88 bits per heavy atom. The molecule has 0 spiro atoms. The van der Waals surface area contributed by atoms with Gasteiger partial charge >= 0.3 is 12.0 Å². The van der Waals surface area contributed by atoms with Crippen molar-refractivity contribution < 1.29 is 19.1 Å². The van der Waals surface area contributed by atoms with Crippen LogP contribution < -0.4 is 11.1 Å². The zero-order chi connectivity index (χ0) is 18.1. The number of urea groups is 1. The molecule has 1 rings (SSSR count). The van der Waals surface area contributed by atoms with Gasteiger partial charge in [-0.25, -0.2) is 4.79 Å². The van der Waals surface area contributed by atoms with Gasteiger partial charge in [0, 0.05) is 16.3 Å². The van der Waals surface area contributed by atoms with Crippen LogP contribution in [0.3, 0.4) is 0 Å². The van der Waals surface area contributed by atoms with Crippen molar-refractivity contribution in [3.8, 4) is 0 Å². The van der Waals surface area contributed by atoms with Crippen LogP contribution in [0.1, 0.15) is 26.7 Å². The molecule has 0 fully saturated rings. The van der Waals surface area contributed by atoms with Crippen molar-refractivity contribution in [1.82, 2.24) is 5.32 Å². The van der Waals surface area contributed by atoms with E-state index in [1.165, 1.54) is 0 Å². The van der Waals surface area contributed by atoms with Gasteiger partial charge in [-0.15, -0.1) is 11.8 Å². The number of nitrogens with one attached hydrogen (secondary N) is 1. The van der Waals surface area contributed by atoms with Crippen molar-refractivity contribution in [2.45, 2.75) is 37.7 Å². The molecule has 132 valence electrons. The van der Waals surface area contributed by atoms with Gasteiger partial charge in [-0.2, -0.15) is 0 Å². The SMILES string of the molecule is CC(C)[C@H](OC(=O)CCCSc1ccc(Cl)cc1)C(=O)NC(N)=O. The molecule has 3 amide bonds. The van der Waals surface area contributed by atoms with E-state index in [2.05, 4.69) is 0 Å². The van der Waals surface area contributed by atoms with Crippen LogP contribution in [-0.2, 0) is 14.3 Å². The molecule has 0 aliphatic heterocycles. The minimum absolute atomic E-state index is 0.188. The number of amides is 3. The van der Waals surface area contributed by atoms with Crippen LogP contribution in [0.5, 0.6) is 0 Å². The second-order valence-electron chi connectivity index (χ2n) is 5.41. The molecule has 0 heterocycles. The summed E-state index contributed by atoms with van der Waals surface area (Å²) in [5, 5.41) is 2.61. The zero-order valence-corrected chi connectivity index (χ0v) is 15.2. The summed E-state index contributed by atoms with van der Waals surface area (Å²) < 4.78 is 5.16. The normalized spacial score (nSPS) is 11.8. The van der Waals surface area contributed by atoms with Crippen molar-refractivity contribution in [2.75, 3.05) is 5.75 Å². The predicted octanol–water partition coefficient (Wildman–Crippen LogP) is 2.98. The van der Waals surface area contributed by atoms with Gasteiger partial charge < -0.3 is 10.5 Å². The van der Waals surface area contributed by atoms with Gasteiger partial charge in [-0.05, 0) is 42.4 Å². The Labute approximate surface area is 150 Å². The lowest BCUT2D eigenvalue weighted by Gasteiger charge is -2.19. The minimum atomic E-state index is -1.03. The fourth-order valence-electron chi connectivity index (χ4n) is 1.82. The van der Waals surface area contributed by atoms with Gasteiger partial charge in [0.2, 0.25) is 0 Å². The van der Waals surface area contributed by atoms with Gasteiger partial charge in [0.1, 0.15) is 0 Å². The Kier molecular flexibility index (Phi) is 8.63. The zero-order valence-electron chi connectivity index (χ0n) is 13.6. The number of rotatable bonds is 8. The van der Waals surface area contributed by atoms with Crippen LogP contribution in [0.4, 0.5) is 4.79 Å². The molecule has 0 aliphatic carbocycles. The number of ether oxygens (including phenoxy) is 1. The Bertz CT molecular complexity index is 578. The first-order valence-electron chi connectivity index (χ1n) is 7.47. The Morgan fingerprint density at radius 1 is 1.25 bits per heavy atom. The lowest BCUT2D eigenvalue weighted by Crippen LogP contribution is -2.45. The maximum atomic E-state index is 11.9. The fraction of sp³-hybridized carbons (Fsp3) is 0.438. The van der Waals surface area contributed by atoms with E-state index in [-0.39, 0.29) is 12.3 Å². The molecule has 0 saturated heterocycles. The van der Waals surface area contributed by atoms with Gasteiger partial charge in [0.15, 0.2) is 6.10 Å². The third-order valence-corrected chi connectivity index (χ3v) is 4.33. The number of primary amides is 1. The average Bonchev–Trinajstić information content (AvgIpc) is 2.49. The highest BCUT2D eigenvalue weighted by atomic mass is 35.5. The fourth-order valence-corrected chi connectivity index (χ4v) is 2.80. The molecule has 1 aromatic rings. The van der Waals surface area contributed by atoms with Crippen molar-refractivity contribution in [3.05, 3.63) is 29.3 Å². The van der Waals surface area contributed by atoms with E-state index in [0.29, 0.717) is 11.4 Å². The molecule has 6 nitrogen and oxygen atoms in total. The standard InChI is InChI=1S/C16H21ClN2O4S/c1-10(2)14(15(21)19-16(18)22)23-13(20)4-3-9-24-12-7-5-11(17)6-8-12/h5-8,10,14H,3-4,9H2,1-2H3,(H3,18,19,21,22)/t14-/m0/s1. The molecular weight excluding hydrogens is 352 g/mol. The summed E-state index contributed by atoms with van der Waals surface area (Å²) in [6.45, 7) is 3.43. The van der Waals surface area contributed by atoms with Crippen LogP contribution in [0.25, 0.3) is 0 Å². The van der Waals surface area contributed by atoms with Crippen LogP contribution in [0.2, 0.25) is 5.02 Å². The van der Waals surface area contributed by atoms with E-state index >= 15 is 0 Å². The topological polar surface area (TPSA) is 98.5 Å². The smallest absolute Gasteiger partial charge is 0.318 e. The van der Waals surface area contributed by atoms with Gasteiger partial charge in [0.25, 0.3) is 5.91 Å². The number of halogens is 1. The molecule has 0 radical (unpaired) electrons. The number of esters is 1. The van der Waals surface area contributed by atoms with Crippen molar-refractivity contribution in [2.24, 2.45) is 11.7 Å². The van der Waals surface area contributed by atoms with Gasteiger partial charge in [-0.1, -0.05) is 25.4 Å². The molecular formula is C16H21ClN2O4S. The lowest BCUT2D eigenvalue weighted by atomic mass is 10.1. The second-order valence-corrected chi connectivity index (χ2v) is 7.02. The second kappa shape index (κ2) is 10.2. The molecule has 3 N–H and O–H groups in total. The number of thioether (sulfide) groups is 1. The highest BCUT2D eigenvalue weighted by molar-refractivity contribution is 7.99. The van der Waals surface area contributed by atoms with E-state index < -0.39 is 24.0 Å². The van der Waals surface area contributed by atoms with Crippen LogP contribution in [0.15, 0.2) is 29.2 Å². The van der Waals surface area contributed by atoms with Crippen molar-refractivity contribution in [3.63, 3.8) is 0 Å². The highest BCUT2D eigenvalue weighted by Gasteiger charge is 2.27. The number of nitrogens with two attached hydrogens (primary N) is 1. The first-order chi connectivity index (χ1) is 11.3. The number of imide groups is 1. The average molecular weight is 373 g/mol. The summed E-state index contributed by atoms with van der Waals surface area (Å²) >= 11 is 7.42. The van der Waals surface area contributed by atoms with Crippen LogP contribution >= 0.6 is 23.4 Å². The van der Waals surface area contributed by atoms with E-state index in [4.69, 9.17) is 22.1 Å². The summed E-state index contributed by atoms with van der Waals surface area (Å²) in [6, 6.07) is 6.47. The molecule has 0 unspecified atom stereocenters. The number of hydrogen-bond donors (Lipinski definition) is 2. The summed E-state index contributed by atoms with van der Waals surface area (Å²) in [7, 11) is 0. The molecule has 0 aromatic heterocycles. The third kappa shape index (κ3) is 7.70. The first-order valence-corrected chi connectivity index (χ1v) is 8.84. The van der Waals surface area contributed by atoms with Gasteiger partial charge in [-0.3, -0.25) is 14.9 Å². The maximum Gasteiger partial charge on any atom is 0.318 e. The number of hydrogen-bond acceptors (Lipinski definition) is 5. The maximum absolute atomic E-state index is 11.9. The predicted molar refractivity (Wildman–Crippen MR) is 93.9 cm³/mol. The van der Waals surface area contributed by atoms with E-state index in [0.717, 1.165) is 10.6 Å². The number of benzene rings is 1. The molecule has 1 atom stereocenters. The van der Waals surface area contributed by atoms with Gasteiger partial charge in [0.05, 0.1) is 0 Å². The third-order valence-electron chi connectivity index (χ3n) is 2.98. The first kappa shape index (κ1) is 20.3. The summed E-state index contributed by atoms with van der Waals surface area (Å²) in [4.78, 5) is 35.4. The van der Waals surface area contributed by atoms with E-state index in [9.17, 15) is 14.4 Å². The largest absolute Gasteiger partial charge is 0.452 e. The van der Waals surface area contributed by atoms with E-state index in [1.807, 2.05) is 29.6 Å². The Hall–Kier alpha value is -1.73. The number of carbonyl (C=O) groups is 3. The number of carbonyl (C=O) groups excluding carboxylic acids is 3. The molecule has 0 bridgehead atoms. The monoisotopic (exact) mass is 372 g/mol. The Balaban J connectivity index is 2.36. The Morgan fingerprint density at radius 3 is 2.42 bits per heavy atom. The molecule has 8 heteroatoms. The van der Waals surface area contributed by atoms with Crippen molar-refractivity contribution >= 4 is 41.3 Å². The minimum Gasteiger partial charge on any atom is -0.452 e. The lowest BCUT2D eigenvalue weighted by molar-refractivity contribution is -0.158. The molecule has 1 aromatic carbocycles. The van der Waals surface area contributed by atoms with Crippen LogP contribution in [-0.4, -0.2) is 29.8 Å². The summed E-state index contributed by atoms with van der Waals surface area (Å²) in [5.74, 6) is -0.723. The highest BCUT2D eigenvalue weighted by Crippen LogP contribution is 2.21. The van der Waals surface area contributed by atoms with Crippen LogP contribution in [0, 0.1) is 5.92 Å².